The normalized spacial score (nSPS) is 11.4. The Balaban J connectivity index is 3.89. The Morgan fingerprint density at radius 1 is 1.27 bits per heavy atom. The van der Waals surface area contributed by atoms with Gasteiger partial charge in [0.25, 0.3) is 0 Å². The molecule has 0 atom stereocenters. The van der Waals surface area contributed by atoms with Crippen molar-refractivity contribution in [3.63, 3.8) is 0 Å². The lowest BCUT2D eigenvalue weighted by Crippen LogP contribution is -2.09. The molecule has 0 unspecified atom stereocenters. The highest BCUT2D eigenvalue weighted by Gasteiger charge is 2.12. The number of rotatable bonds is 4. The summed E-state index contributed by atoms with van der Waals surface area (Å²) in [6.45, 7) is 7.46. The molecule has 1 heteroatoms. The summed E-state index contributed by atoms with van der Waals surface area (Å²) < 4.78 is 13.0. The Kier molecular flexibility index (Phi) is 4.39. The first-order valence-electron chi connectivity index (χ1n) is 4.36. The van der Waals surface area contributed by atoms with Crippen molar-refractivity contribution in [1.29, 1.82) is 0 Å². The second-order valence-corrected chi connectivity index (χ2v) is 3.49. The molecule has 0 saturated carbocycles. The molecule has 0 saturated heterocycles. The Hall–Kier alpha value is -0.330. The zero-order chi connectivity index (χ0) is 8.91. The van der Waals surface area contributed by atoms with Gasteiger partial charge in [-0.05, 0) is 33.1 Å². The van der Waals surface area contributed by atoms with Crippen LogP contribution in [-0.4, -0.2) is 5.67 Å². The van der Waals surface area contributed by atoms with Crippen molar-refractivity contribution in [2.75, 3.05) is 0 Å². The predicted molar refractivity (Wildman–Crippen MR) is 48.5 cm³/mol. The van der Waals surface area contributed by atoms with Gasteiger partial charge in [-0.15, -0.1) is 0 Å². The summed E-state index contributed by atoms with van der Waals surface area (Å²) in [5.74, 6) is 0. The van der Waals surface area contributed by atoms with Crippen LogP contribution >= 0.6 is 0 Å². The fraction of sp³-hybridized carbons (Fsp3) is 0.800. The first-order chi connectivity index (χ1) is 4.99. The van der Waals surface area contributed by atoms with Crippen LogP contribution in [0.3, 0.4) is 0 Å². The van der Waals surface area contributed by atoms with Crippen LogP contribution in [-0.2, 0) is 0 Å². The largest absolute Gasteiger partial charge is 0.244 e. The molecule has 11 heavy (non-hydrogen) atoms. The molecule has 0 aliphatic rings. The summed E-state index contributed by atoms with van der Waals surface area (Å²) in [6.07, 6.45) is 4.67. The molecule has 0 radical (unpaired) electrons. The van der Waals surface area contributed by atoms with Crippen molar-refractivity contribution < 1.29 is 4.39 Å². The molecule has 0 fully saturated rings. The predicted octanol–water partition coefficient (Wildman–Crippen LogP) is 3.87. The molecule has 0 aliphatic carbocycles. The van der Waals surface area contributed by atoms with Crippen LogP contribution in [0.2, 0.25) is 0 Å². The quantitative estimate of drug-likeness (QED) is 0.545. The third-order valence-corrected chi connectivity index (χ3v) is 1.78. The second kappa shape index (κ2) is 4.53. The molecule has 0 amide bonds. The molecule has 0 nitrogen and oxygen atoms in total. The van der Waals surface area contributed by atoms with E-state index >= 15 is 0 Å². The summed E-state index contributed by atoms with van der Waals surface area (Å²) >= 11 is 0. The summed E-state index contributed by atoms with van der Waals surface area (Å²) in [4.78, 5) is 0. The van der Waals surface area contributed by atoms with Crippen LogP contribution in [0.1, 0.15) is 47.0 Å². The summed E-state index contributed by atoms with van der Waals surface area (Å²) in [7, 11) is 0. The van der Waals surface area contributed by atoms with Crippen molar-refractivity contribution in [2.24, 2.45) is 0 Å². The van der Waals surface area contributed by atoms with Gasteiger partial charge in [0.05, 0.1) is 0 Å². The molecule has 0 aliphatic heterocycles. The van der Waals surface area contributed by atoms with Crippen LogP contribution in [0.25, 0.3) is 0 Å². The molecule has 0 aromatic heterocycles. The zero-order valence-corrected chi connectivity index (χ0v) is 8.08. The Morgan fingerprint density at radius 3 is 2.00 bits per heavy atom. The maximum absolute atomic E-state index is 13.0. The van der Waals surface area contributed by atoms with E-state index in [1.165, 1.54) is 5.57 Å². The molecule has 0 N–H and O–H groups in total. The van der Waals surface area contributed by atoms with Crippen molar-refractivity contribution in [3.05, 3.63) is 11.6 Å². The number of allylic oxidation sites excluding steroid dienone is 2. The standard InChI is InChI=1S/C10H19F/c1-5-9(6-2)7-8-10(3,4)11/h7H,5-6,8H2,1-4H3. The minimum atomic E-state index is -1.05. The Labute approximate surface area is 69.5 Å². The fourth-order valence-corrected chi connectivity index (χ4v) is 0.926. The Morgan fingerprint density at radius 2 is 1.73 bits per heavy atom. The summed E-state index contributed by atoms with van der Waals surface area (Å²) in [6, 6.07) is 0. The average molecular weight is 158 g/mol. The van der Waals surface area contributed by atoms with Gasteiger partial charge in [-0.2, -0.15) is 0 Å². The van der Waals surface area contributed by atoms with Gasteiger partial charge in [-0.1, -0.05) is 25.5 Å². The van der Waals surface area contributed by atoms with Gasteiger partial charge < -0.3 is 0 Å². The first kappa shape index (κ1) is 10.7. The third-order valence-electron chi connectivity index (χ3n) is 1.78. The SMILES string of the molecule is CCC(=CCC(C)(C)F)CC. The minimum absolute atomic E-state index is 0.546. The number of halogens is 1. The van der Waals surface area contributed by atoms with E-state index < -0.39 is 5.67 Å². The van der Waals surface area contributed by atoms with Gasteiger partial charge in [-0.3, -0.25) is 0 Å². The minimum Gasteiger partial charge on any atom is -0.244 e. The molecule has 0 spiro atoms. The van der Waals surface area contributed by atoms with Gasteiger partial charge >= 0.3 is 0 Å². The van der Waals surface area contributed by atoms with E-state index in [9.17, 15) is 4.39 Å². The summed E-state index contributed by atoms with van der Waals surface area (Å²) in [5.41, 5.74) is 0.311. The fourth-order valence-electron chi connectivity index (χ4n) is 0.926. The van der Waals surface area contributed by atoms with Gasteiger partial charge in [0.2, 0.25) is 0 Å². The number of hydrogen-bond acceptors (Lipinski definition) is 0. The lowest BCUT2D eigenvalue weighted by Gasteiger charge is -2.11. The maximum atomic E-state index is 13.0. The molecule has 0 aromatic carbocycles. The van der Waals surface area contributed by atoms with Crippen LogP contribution in [0, 0.1) is 0 Å². The van der Waals surface area contributed by atoms with Crippen molar-refractivity contribution >= 4 is 0 Å². The maximum Gasteiger partial charge on any atom is 0.109 e. The topological polar surface area (TPSA) is 0 Å². The number of alkyl halides is 1. The second-order valence-electron chi connectivity index (χ2n) is 3.49. The molecule has 0 rings (SSSR count). The van der Waals surface area contributed by atoms with E-state index in [1.807, 2.05) is 6.08 Å². The van der Waals surface area contributed by atoms with E-state index in [-0.39, 0.29) is 0 Å². The van der Waals surface area contributed by atoms with Crippen molar-refractivity contribution in [1.82, 2.24) is 0 Å². The molecule has 66 valence electrons. The number of hydrogen-bond donors (Lipinski definition) is 0. The van der Waals surface area contributed by atoms with E-state index in [1.54, 1.807) is 13.8 Å². The zero-order valence-electron chi connectivity index (χ0n) is 8.08. The van der Waals surface area contributed by atoms with E-state index in [2.05, 4.69) is 13.8 Å². The van der Waals surface area contributed by atoms with Gasteiger partial charge in [-0.25, -0.2) is 4.39 Å². The molecule has 0 aromatic rings. The first-order valence-corrected chi connectivity index (χ1v) is 4.36. The lowest BCUT2D eigenvalue weighted by atomic mass is 10.0. The Bertz CT molecular complexity index is 122. The van der Waals surface area contributed by atoms with E-state index in [0.717, 1.165) is 12.8 Å². The highest BCUT2D eigenvalue weighted by atomic mass is 19.1. The van der Waals surface area contributed by atoms with Crippen LogP contribution in [0.4, 0.5) is 4.39 Å². The smallest absolute Gasteiger partial charge is 0.109 e. The highest BCUT2D eigenvalue weighted by Crippen LogP contribution is 2.17. The molecule has 0 bridgehead atoms. The molecule has 0 heterocycles. The molecular weight excluding hydrogens is 139 g/mol. The van der Waals surface area contributed by atoms with Crippen LogP contribution < -0.4 is 0 Å². The lowest BCUT2D eigenvalue weighted by molar-refractivity contribution is 0.221. The van der Waals surface area contributed by atoms with Crippen molar-refractivity contribution in [3.8, 4) is 0 Å². The van der Waals surface area contributed by atoms with Gasteiger partial charge in [0.1, 0.15) is 5.67 Å². The van der Waals surface area contributed by atoms with Crippen LogP contribution in [0.15, 0.2) is 11.6 Å². The summed E-state index contributed by atoms with van der Waals surface area (Å²) in [5, 5.41) is 0. The van der Waals surface area contributed by atoms with Crippen molar-refractivity contribution in [2.45, 2.75) is 52.6 Å². The average Bonchev–Trinajstić information content (AvgIpc) is 1.88. The monoisotopic (exact) mass is 158 g/mol. The van der Waals surface area contributed by atoms with Crippen LogP contribution in [0.5, 0.6) is 0 Å². The van der Waals surface area contributed by atoms with Gasteiger partial charge in [0, 0.05) is 0 Å². The van der Waals surface area contributed by atoms with Gasteiger partial charge in [0.15, 0.2) is 0 Å². The third kappa shape index (κ3) is 6.08. The van der Waals surface area contributed by atoms with E-state index in [0.29, 0.717) is 6.42 Å². The molecular formula is C10H19F. The van der Waals surface area contributed by atoms with E-state index in [4.69, 9.17) is 0 Å². The highest BCUT2D eigenvalue weighted by molar-refractivity contribution is 5.02.